The van der Waals surface area contributed by atoms with Crippen LogP contribution in [0.2, 0.25) is 0 Å². The molecule has 0 fully saturated rings. The van der Waals surface area contributed by atoms with Gasteiger partial charge in [-0.1, -0.05) is 13.8 Å². The second kappa shape index (κ2) is 5.40. The Morgan fingerprint density at radius 2 is 2.00 bits per heavy atom. The quantitative estimate of drug-likeness (QED) is 0.687. The normalized spacial score (nSPS) is 12.3. The van der Waals surface area contributed by atoms with Crippen molar-refractivity contribution in [2.75, 3.05) is 7.11 Å². The van der Waals surface area contributed by atoms with Crippen molar-refractivity contribution in [1.29, 1.82) is 0 Å². The molecule has 1 amide bonds. The zero-order chi connectivity index (χ0) is 10.4. The van der Waals surface area contributed by atoms with Gasteiger partial charge < -0.3 is 15.2 Å². The summed E-state index contributed by atoms with van der Waals surface area (Å²) in [5.74, 6) is -0.836. The van der Waals surface area contributed by atoms with Crippen molar-refractivity contribution >= 4 is 12.1 Å². The van der Waals surface area contributed by atoms with E-state index in [4.69, 9.17) is 5.11 Å². The Bertz CT molecular complexity index is 191. The first-order valence-electron chi connectivity index (χ1n) is 4.04. The summed E-state index contributed by atoms with van der Waals surface area (Å²) in [6, 6.07) is -0.868. The molecule has 0 aliphatic heterocycles. The standard InChI is InChI=1S/C8H15NO4/c1-5(2)4-6(7(10)11)9-8(12)13-3/h5-6H,4H2,1-3H3,(H,9,12)(H,10,11)/t6-/m1/s1. The van der Waals surface area contributed by atoms with Gasteiger partial charge in [0, 0.05) is 0 Å². The summed E-state index contributed by atoms with van der Waals surface area (Å²) in [4.78, 5) is 21.3. The van der Waals surface area contributed by atoms with Gasteiger partial charge in [-0.15, -0.1) is 0 Å². The zero-order valence-electron chi connectivity index (χ0n) is 8.03. The van der Waals surface area contributed by atoms with Crippen LogP contribution >= 0.6 is 0 Å². The van der Waals surface area contributed by atoms with E-state index in [0.29, 0.717) is 6.42 Å². The Morgan fingerprint density at radius 1 is 1.46 bits per heavy atom. The molecule has 0 saturated heterocycles. The summed E-state index contributed by atoms with van der Waals surface area (Å²) in [5.41, 5.74) is 0. The fourth-order valence-electron chi connectivity index (χ4n) is 0.894. The summed E-state index contributed by atoms with van der Waals surface area (Å²) >= 11 is 0. The third-order valence-corrected chi connectivity index (χ3v) is 1.48. The Balaban J connectivity index is 4.10. The van der Waals surface area contributed by atoms with Crippen molar-refractivity contribution in [2.24, 2.45) is 5.92 Å². The number of aliphatic carboxylic acids is 1. The van der Waals surface area contributed by atoms with Gasteiger partial charge in [-0.05, 0) is 12.3 Å². The van der Waals surface area contributed by atoms with Gasteiger partial charge in [-0.3, -0.25) is 0 Å². The Morgan fingerprint density at radius 3 is 2.31 bits per heavy atom. The minimum Gasteiger partial charge on any atom is -0.480 e. The van der Waals surface area contributed by atoms with Crippen LogP contribution in [-0.2, 0) is 9.53 Å². The average molecular weight is 189 g/mol. The Labute approximate surface area is 77.1 Å². The maximum atomic E-state index is 10.7. The van der Waals surface area contributed by atoms with Crippen LogP contribution in [0.15, 0.2) is 0 Å². The summed E-state index contributed by atoms with van der Waals surface area (Å²) in [7, 11) is 1.20. The number of carbonyl (C=O) groups is 2. The number of amides is 1. The summed E-state index contributed by atoms with van der Waals surface area (Å²) in [6.45, 7) is 3.77. The van der Waals surface area contributed by atoms with Crippen molar-refractivity contribution in [2.45, 2.75) is 26.3 Å². The van der Waals surface area contributed by atoms with Crippen molar-refractivity contribution < 1.29 is 19.4 Å². The highest BCUT2D eigenvalue weighted by molar-refractivity contribution is 5.79. The van der Waals surface area contributed by atoms with Crippen molar-refractivity contribution in [3.05, 3.63) is 0 Å². The fourth-order valence-corrected chi connectivity index (χ4v) is 0.894. The first kappa shape index (κ1) is 11.7. The third kappa shape index (κ3) is 5.05. The van der Waals surface area contributed by atoms with Crippen LogP contribution in [0.4, 0.5) is 4.79 Å². The van der Waals surface area contributed by atoms with E-state index in [-0.39, 0.29) is 5.92 Å². The van der Waals surface area contributed by atoms with Gasteiger partial charge in [-0.25, -0.2) is 9.59 Å². The van der Waals surface area contributed by atoms with Crippen LogP contribution < -0.4 is 5.32 Å². The topological polar surface area (TPSA) is 75.6 Å². The minimum atomic E-state index is -1.04. The molecule has 0 radical (unpaired) electrons. The van der Waals surface area contributed by atoms with E-state index in [1.54, 1.807) is 0 Å². The third-order valence-electron chi connectivity index (χ3n) is 1.48. The van der Waals surface area contributed by atoms with Crippen LogP contribution in [-0.4, -0.2) is 30.3 Å². The highest BCUT2D eigenvalue weighted by Crippen LogP contribution is 2.04. The van der Waals surface area contributed by atoms with Gasteiger partial charge in [0.1, 0.15) is 6.04 Å². The van der Waals surface area contributed by atoms with E-state index in [2.05, 4.69) is 10.1 Å². The minimum absolute atomic E-state index is 0.207. The lowest BCUT2D eigenvalue weighted by molar-refractivity contribution is -0.139. The molecule has 0 aromatic rings. The molecule has 1 atom stereocenters. The number of methoxy groups -OCH3 is 1. The zero-order valence-corrected chi connectivity index (χ0v) is 8.03. The monoisotopic (exact) mass is 189 g/mol. The number of carboxylic acids is 1. The lowest BCUT2D eigenvalue weighted by atomic mass is 10.0. The van der Waals surface area contributed by atoms with Gasteiger partial charge >= 0.3 is 12.1 Å². The largest absolute Gasteiger partial charge is 0.480 e. The molecule has 5 nitrogen and oxygen atoms in total. The molecule has 0 bridgehead atoms. The molecule has 0 rings (SSSR count). The number of ether oxygens (including phenoxy) is 1. The van der Waals surface area contributed by atoms with Crippen LogP contribution in [0.1, 0.15) is 20.3 Å². The summed E-state index contributed by atoms with van der Waals surface area (Å²) in [6.07, 6.45) is -0.321. The maximum absolute atomic E-state index is 10.7. The van der Waals surface area contributed by atoms with Crippen molar-refractivity contribution in [1.82, 2.24) is 5.32 Å². The number of nitrogens with one attached hydrogen (secondary N) is 1. The number of hydrogen-bond acceptors (Lipinski definition) is 3. The molecule has 0 aliphatic rings. The molecule has 0 spiro atoms. The Hall–Kier alpha value is -1.26. The SMILES string of the molecule is COC(=O)N[C@H](CC(C)C)C(=O)O. The molecule has 13 heavy (non-hydrogen) atoms. The summed E-state index contributed by atoms with van der Waals surface area (Å²) in [5, 5.41) is 10.9. The predicted molar refractivity (Wildman–Crippen MR) is 46.4 cm³/mol. The molecular formula is C8H15NO4. The lowest BCUT2D eigenvalue weighted by Gasteiger charge is -2.15. The lowest BCUT2D eigenvalue weighted by Crippen LogP contribution is -2.41. The summed E-state index contributed by atoms with van der Waals surface area (Å²) < 4.78 is 4.30. The highest BCUT2D eigenvalue weighted by atomic mass is 16.5. The molecule has 0 heterocycles. The van der Waals surface area contributed by atoms with E-state index in [1.807, 2.05) is 13.8 Å². The van der Waals surface area contributed by atoms with E-state index in [9.17, 15) is 9.59 Å². The first-order valence-corrected chi connectivity index (χ1v) is 4.04. The number of carbonyl (C=O) groups excluding carboxylic acids is 1. The molecule has 76 valence electrons. The number of carboxylic acid groups (broad SMARTS) is 1. The van der Waals surface area contributed by atoms with Gasteiger partial charge in [-0.2, -0.15) is 0 Å². The van der Waals surface area contributed by atoms with Crippen LogP contribution in [0.25, 0.3) is 0 Å². The number of hydrogen-bond donors (Lipinski definition) is 2. The van der Waals surface area contributed by atoms with Gasteiger partial charge in [0.2, 0.25) is 0 Å². The molecule has 0 aromatic heterocycles. The van der Waals surface area contributed by atoms with Crippen LogP contribution in [0, 0.1) is 5.92 Å². The average Bonchev–Trinajstić information content (AvgIpc) is 2.02. The molecule has 0 aromatic carbocycles. The van der Waals surface area contributed by atoms with E-state index >= 15 is 0 Å². The van der Waals surface area contributed by atoms with Gasteiger partial charge in [0.15, 0.2) is 0 Å². The van der Waals surface area contributed by atoms with E-state index < -0.39 is 18.1 Å². The van der Waals surface area contributed by atoms with E-state index in [1.165, 1.54) is 7.11 Å². The van der Waals surface area contributed by atoms with Crippen LogP contribution in [0.5, 0.6) is 0 Å². The second-order valence-electron chi connectivity index (χ2n) is 3.16. The van der Waals surface area contributed by atoms with Crippen molar-refractivity contribution in [3.63, 3.8) is 0 Å². The second-order valence-corrected chi connectivity index (χ2v) is 3.16. The van der Waals surface area contributed by atoms with Gasteiger partial charge in [0.05, 0.1) is 7.11 Å². The number of rotatable bonds is 4. The predicted octanol–water partition coefficient (Wildman–Crippen LogP) is 0.842. The molecule has 0 aliphatic carbocycles. The molecular weight excluding hydrogens is 174 g/mol. The maximum Gasteiger partial charge on any atom is 0.407 e. The van der Waals surface area contributed by atoms with Crippen molar-refractivity contribution in [3.8, 4) is 0 Å². The fraction of sp³-hybridized carbons (Fsp3) is 0.750. The number of alkyl carbamates (subject to hydrolysis) is 1. The van der Waals surface area contributed by atoms with E-state index in [0.717, 1.165) is 0 Å². The highest BCUT2D eigenvalue weighted by Gasteiger charge is 2.20. The molecule has 0 saturated carbocycles. The molecule has 2 N–H and O–H groups in total. The molecule has 0 unspecified atom stereocenters. The smallest absolute Gasteiger partial charge is 0.407 e. The molecule has 5 heteroatoms. The first-order chi connectivity index (χ1) is 5.97. The van der Waals surface area contributed by atoms with Crippen LogP contribution in [0.3, 0.4) is 0 Å². The Kier molecular flexibility index (Phi) is 4.87. The van der Waals surface area contributed by atoms with Gasteiger partial charge in [0.25, 0.3) is 0 Å².